The van der Waals surface area contributed by atoms with E-state index < -0.39 is 32.2 Å². The zero-order chi connectivity index (χ0) is 33.5. The number of nitrogens with one attached hydrogen (secondary N) is 2. The van der Waals surface area contributed by atoms with Crippen molar-refractivity contribution in [2.24, 2.45) is 11.8 Å². The second-order valence-electron chi connectivity index (χ2n) is 13.1. The van der Waals surface area contributed by atoms with E-state index in [4.69, 9.17) is 9.59 Å². The Morgan fingerprint density at radius 2 is 1.61 bits per heavy atom. The Balaban J connectivity index is 0.00000216. The number of halogens is 3. The van der Waals surface area contributed by atoms with Crippen molar-refractivity contribution < 1.29 is 36.0 Å². The summed E-state index contributed by atoms with van der Waals surface area (Å²) in [6, 6.07) is 4.93. The number of sulfonamides is 1. The summed E-state index contributed by atoms with van der Waals surface area (Å²) in [5.41, 5.74) is -0.376. The number of hydrogen-bond acceptors (Lipinski definition) is 5. The number of rotatable bonds is 10. The maximum atomic E-state index is 14.3. The van der Waals surface area contributed by atoms with Crippen LogP contribution in [0.3, 0.4) is 0 Å². The molecule has 1 aliphatic rings. The van der Waals surface area contributed by atoms with Crippen molar-refractivity contribution >= 4 is 22.1 Å². The second kappa shape index (κ2) is 15.4. The van der Waals surface area contributed by atoms with Gasteiger partial charge in [0, 0.05) is 29.5 Å². The van der Waals surface area contributed by atoms with Crippen LogP contribution in [-0.2, 0) is 32.3 Å². The predicted octanol–water partition coefficient (Wildman–Crippen LogP) is 7.11. The molecule has 1 aromatic carbocycles. The first-order valence-corrected chi connectivity index (χ1v) is 16.5. The van der Waals surface area contributed by atoms with Gasteiger partial charge in [-0.15, -0.1) is 0 Å². The second-order valence-corrected chi connectivity index (χ2v) is 14.8. The first-order valence-electron chi connectivity index (χ1n) is 15.1. The zero-order valence-electron chi connectivity index (χ0n) is 26.7. The van der Waals surface area contributed by atoms with Gasteiger partial charge in [-0.3, -0.25) is 4.79 Å². The maximum Gasteiger partial charge on any atom is 0.417 e. The van der Waals surface area contributed by atoms with E-state index in [9.17, 15) is 26.4 Å². The zero-order valence-corrected chi connectivity index (χ0v) is 27.5. The molecule has 1 unspecified atom stereocenters. The summed E-state index contributed by atoms with van der Waals surface area (Å²) in [6.45, 7) is 13.3. The number of hydrogen-bond donors (Lipinski definition) is 2. The summed E-state index contributed by atoms with van der Waals surface area (Å²) in [5.74, 6) is 0.603. The third-order valence-corrected chi connectivity index (χ3v) is 9.46. The molecule has 246 valence electrons. The van der Waals surface area contributed by atoms with Crippen LogP contribution in [0.1, 0.15) is 108 Å². The Bertz CT molecular complexity index is 1410. The van der Waals surface area contributed by atoms with Crippen LogP contribution in [0.25, 0.3) is 11.3 Å². The number of amides is 1. The quantitative estimate of drug-likeness (QED) is 0.287. The molecule has 8 nitrogen and oxygen atoms in total. The van der Waals surface area contributed by atoms with Gasteiger partial charge in [0.15, 0.2) is 0 Å². The summed E-state index contributed by atoms with van der Waals surface area (Å²) in [5, 5.41) is 3.05. The van der Waals surface area contributed by atoms with Crippen LogP contribution >= 0.6 is 0 Å². The Morgan fingerprint density at radius 3 is 2.14 bits per heavy atom. The highest BCUT2D eigenvalue weighted by molar-refractivity contribution is 7.89. The minimum absolute atomic E-state index is 0.0499. The number of alkyl halides is 3. The van der Waals surface area contributed by atoms with E-state index in [2.05, 4.69) is 23.9 Å². The van der Waals surface area contributed by atoms with Gasteiger partial charge in [0.1, 0.15) is 0 Å². The summed E-state index contributed by atoms with van der Waals surface area (Å²) in [6.07, 6.45) is 2.56. The van der Waals surface area contributed by atoms with Gasteiger partial charge in [-0.25, -0.2) is 13.1 Å². The lowest BCUT2D eigenvalue weighted by molar-refractivity contribution is -0.191. The smallest absolute Gasteiger partial charge is 0.350 e. The normalized spacial score (nSPS) is 15.3. The molecule has 0 aliphatic heterocycles. The van der Waals surface area contributed by atoms with Crippen LogP contribution in [0, 0.1) is 18.8 Å². The molecular weight excluding hydrogens is 595 g/mol. The standard InChI is InChI=1S/C31H46F3N3O3S.CO2/c1-20(2)13-14-21(3)35-29(38)25-18-27(37(22(25)4)19-23-11-9-8-10-12-23)24-15-16-28(26(17-24)31(32,33)34)41(39,40)36-30(5,6)7;2-1-3/h15-18,20-21,23,36H,8-14,19H2,1-7H3,(H,35,38);. The topological polar surface area (TPSA) is 114 Å². The third kappa shape index (κ3) is 10.6. The van der Waals surface area contributed by atoms with Crippen LogP contribution in [-0.4, -0.2) is 36.6 Å². The molecule has 1 amide bonds. The average Bonchev–Trinajstić information content (AvgIpc) is 3.22. The molecule has 0 saturated heterocycles. The van der Waals surface area contributed by atoms with Crippen LogP contribution in [0.15, 0.2) is 29.2 Å². The number of aromatic nitrogens is 1. The fraction of sp³-hybridized carbons (Fsp3) is 0.625. The lowest BCUT2D eigenvalue weighted by Gasteiger charge is -2.25. The van der Waals surface area contributed by atoms with E-state index in [-0.39, 0.29) is 23.7 Å². The molecule has 3 rings (SSSR count). The molecule has 1 aliphatic carbocycles. The van der Waals surface area contributed by atoms with Gasteiger partial charge in [-0.05, 0) is 95.9 Å². The van der Waals surface area contributed by atoms with Crippen LogP contribution < -0.4 is 10.0 Å². The minimum atomic E-state index is -4.90. The fourth-order valence-corrected chi connectivity index (χ4v) is 7.17. The molecule has 1 heterocycles. The summed E-state index contributed by atoms with van der Waals surface area (Å²) in [4.78, 5) is 28.8. The average molecular weight is 642 g/mol. The first-order chi connectivity index (χ1) is 20.3. The third-order valence-electron chi connectivity index (χ3n) is 7.64. The number of carbonyl (C=O) groups is 1. The van der Waals surface area contributed by atoms with Crippen molar-refractivity contribution in [1.82, 2.24) is 14.6 Å². The number of nitrogens with zero attached hydrogens (tertiary/aromatic N) is 1. The Hall–Kier alpha value is -2.95. The largest absolute Gasteiger partial charge is 0.417 e. The summed E-state index contributed by atoms with van der Waals surface area (Å²) in [7, 11) is -4.45. The van der Waals surface area contributed by atoms with E-state index >= 15 is 0 Å². The highest BCUT2D eigenvalue weighted by Gasteiger charge is 2.39. The number of benzene rings is 1. The molecule has 0 spiro atoms. The van der Waals surface area contributed by atoms with Gasteiger partial charge in [0.25, 0.3) is 5.91 Å². The van der Waals surface area contributed by atoms with Gasteiger partial charge in [-0.2, -0.15) is 22.8 Å². The van der Waals surface area contributed by atoms with Crippen LogP contribution in [0.2, 0.25) is 0 Å². The number of carbonyl (C=O) groups excluding carboxylic acids is 3. The Morgan fingerprint density at radius 1 is 1.02 bits per heavy atom. The summed E-state index contributed by atoms with van der Waals surface area (Å²) >= 11 is 0. The highest BCUT2D eigenvalue weighted by Crippen LogP contribution is 2.39. The van der Waals surface area contributed by atoms with Crippen LogP contribution in [0.5, 0.6) is 0 Å². The van der Waals surface area contributed by atoms with Gasteiger partial charge >= 0.3 is 12.3 Å². The van der Waals surface area contributed by atoms with Gasteiger partial charge in [0.2, 0.25) is 10.0 Å². The van der Waals surface area contributed by atoms with E-state index in [0.29, 0.717) is 35.3 Å². The lowest BCUT2D eigenvalue weighted by Crippen LogP contribution is -2.41. The molecule has 1 saturated carbocycles. The van der Waals surface area contributed by atoms with Crippen molar-refractivity contribution in [3.05, 3.63) is 41.1 Å². The van der Waals surface area contributed by atoms with E-state index in [1.807, 2.05) is 18.4 Å². The van der Waals surface area contributed by atoms with E-state index in [1.165, 1.54) is 12.5 Å². The highest BCUT2D eigenvalue weighted by atomic mass is 32.2. The SMILES string of the molecule is Cc1c(C(=O)NC(C)CCC(C)C)cc(-c2ccc(S(=O)(=O)NC(C)(C)C)c(C(F)(F)F)c2)n1CC1CCCCC1.O=C=O. The van der Waals surface area contributed by atoms with E-state index in [1.54, 1.807) is 26.8 Å². The molecule has 0 radical (unpaired) electrons. The Kier molecular flexibility index (Phi) is 13.0. The fourth-order valence-electron chi connectivity index (χ4n) is 5.54. The van der Waals surface area contributed by atoms with E-state index in [0.717, 1.165) is 50.7 Å². The van der Waals surface area contributed by atoms with Crippen molar-refractivity contribution in [1.29, 1.82) is 0 Å². The summed E-state index contributed by atoms with van der Waals surface area (Å²) < 4.78 is 73.1. The monoisotopic (exact) mass is 641 g/mol. The minimum Gasteiger partial charge on any atom is -0.350 e. The van der Waals surface area contributed by atoms with Crippen molar-refractivity contribution in [2.75, 3.05) is 0 Å². The molecule has 2 N–H and O–H groups in total. The lowest BCUT2D eigenvalue weighted by atomic mass is 9.89. The maximum absolute atomic E-state index is 14.3. The van der Waals surface area contributed by atoms with Crippen molar-refractivity contribution in [3.63, 3.8) is 0 Å². The molecule has 12 heteroatoms. The molecule has 0 bridgehead atoms. The molecule has 2 aromatic rings. The Labute approximate surface area is 259 Å². The van der Waals surface area contributed by atoms with Gasteiger partial charge in [0.05, 0.1) is 16.0 Å². The molecule has 1 aromatic heterocycles. The predicted molar refractivity (Wildman–Crippen MR) is 162 cm³/mol. The molecular formula is C32H46F3N3O5S. The van der Waals surface area contributed by atoms with Crippen LogP contribution in [0.4, 0.5) is 13.2 Å². The molecule has 1 atom stereocenters. The first kappa shape index (κ1) is 37.2. The molecule has 44 heavy (non-hydrogen) atoms. The van der Waals surface area contributed by atoms with Gasteiger partial charge in [-0.1, -0.05) is 39.2 Å². The van der Waals surface area contributed by atoms with Crippen molar-refractivity contribution in [3.8, 4) is 11.3 Å². The van der Waals surface area contributed by atoms with Gasteiger partial charge < -0.3 is 9.88 Å². The molecule has 1 fully saturated rings. The van der Waals surface area contributed by atoms with Crippen molar-refractivity contribution in [2.45, 2.75) is 123 Å².